The largest absolute Gasteiger partial charge is 0.368 e. The highest BCUT2D eigenvalue weighted by atomic mass is 35.5. The van der Waals surface area contributed by atoms with Crippen LogP contribution in [0.3, 0.4) is 0 Å². The molecule has 3 rings (SSSR count). The second-order valence-corrected chi connectivity index (χ2v) is 8.90. The van der Waals surface area contributed by atoms with E-state index in [4.69, 9.17) is 11.6 Å². The van der Waals surface area contributed by atoms with Gasteiger partial charge in [-0.3, -0.25) is 4.79 Å². The van der Waals surface area contributed by atoms with Crippen molar-refractivity contribution < 1.29 is 13.2 Å². The van der Waals surface area contributed by atoms with Crippen molar-refractivity contribution in [1.82, 2.24) is 4.90 Å². The maximum absolute atomic E-state index is 12.8. The second kappa shape index (κ2) is 7.29. The number of sulfone groups is 1. The molecule has 0 spiro atoms. The van der Waals surface area contributed by atoms with Gasteiger partial charge >= 0.3 is 0 Å². The lowest BCUT2D eigenvalue weighted by atomic mass is 10.1. The first-order chi connectivity index (χ1) is 12.3. The summed E-state index contributed by atoms with van der Waals surface area (Å²) in [6.45, 7) is 4.64. The number of para-hydroxylation sites is 1. The number of piperazine rings is 1. The summed E-state index contributed by atoms with van der Waals surface area (Å²) in [6, 6.07) is 12.4. The van der Waals surface area contributed by atoms with Crippen LogP contribution in [0.1, 0.15) is 15.9 Å². The molecule has 5 nitrogen and oxygen atoms in total. The summed E-state index contributed by atoms with van der Waals surface area (Å²) in [4.78, 5) is 16.9. The molecule has 1 aliphatic heterocycles. The van der Waals surface area contributed by atoms with Crippen molar-refractivity contribution in [3.05, 3.63) is 58.6 Å². The molecule has 0 bridgehead atoms. The van der Waals surface area contributed by atoms with Gasteiger partial charge in [0.25, 0.3) is 5.91 Å². The number of carbonyl (C=O) groups is 1. The molecule has 26 heavy (non-hydrogen) atoms. The van der Waals surface area contributed by atoms with Crippen LogP contribution in [-0.2, 0) is 9.84 Å². The van der Waals surface area contributed by atoms with Crippen molar-refractivity contribution in [1.29, 1.82) is 0 Å². The van der Waals surface area contributed by atoms with Gasteiger partial charge in [0.1, 0.15) is 0 Å². The lowest BCUT2D eigenvalue weighted by Crippen LogP contribution is -2.49. The first-order valence-electron chi connectivity index (χ1n) is 8.37. The summed E-state index contributed by atoms with van der Waals surface area (Å²) >= 11 is 6.15. The smallest absolute Gasteiger partial charge is 0.255 e. The molecule has 0 N–H and O–H groups in total. The van der Waals surface area contributed by atoms with E-state index >= 15 is 0 Å². The highest BCUT2D eigenvalue weighted by Crippen LogP contribution is 2.24. The van der Waals surface area contributed by atoms with Gasteiger partial charge in [0, 0.05) is 38.1 Å². The Hall–Kier alpha value is -2.05. The normalized spacial score (nSPS) is 15.2. The van der Waals surface area contributed by atoms with E-state index in [2.05, 4.69) is 24.0 Å². The van der Waals surface area contributed by atoms with Crippen molar-refractivity contribution in [3.63, 3.8) is 0 Å². The predicted molar refractivity (Wildman–Crippen MR) is 104 cm³/mol. The van der Waals surface area contributed by atoms with Gasteiger partial charge in [0.2, 0.25) is 0 Å². The van der Waals surface area contributed by atoms with E-state index in [-0.39, 0.29) is 21.4 Å². The molecular formula is C19H21ClN2O3S. The van der Waals surface area contributed by atoms with Crippen molar-refractivity contribution in [2.24, 2.45) is 0 Å². The average Bonchev–Trinajstić information content (AvgIpc) is 2.61. The van der Waals surface area contributed by atoms with Crippen LogP contribution in [-0.4, -0.2) is 51.7 Å². The summed E-state index contributed by atoms with van der Waals surface area (Å²) < 4.78 is 23.5. The Morgan fingerprint density at radius 3 is 2.31 bits per heavy atom. The van der Waals surface area contributed by atoms with Gasteiger partial charge in [-0.25, -0.2) is 8.42 Å². The molecule has 1 amide bonds. The third-order valence-corrected chi connectivity index (χ3v) is 6.06. The molecule has 0 saturated carbocycles. The lowest BCUT2D eigenvalue weighted by Gasteiger charge is -2.37. The molecule has 138 valence electrons. The molecule has 0 aliphatic carbocycles. The number of aryl methyl sites for hydroxylation is 1. The van der Waals surface area contributed by atoms with Crippen LogP contribution in [0, 0.1) is 6.92 Å². The van der Waals surface area contributed by atoms with Crippen molar-refractivity contribution in [2.75, 3.05) is 37.3 Å². The monoisotopic (exact) mass is 392 g/mol. The van der Waals surface area contributed by atoms with E-state index in [1.807, 2.05) is 12.1 Å². The molecule has 7 heteroatoms. The van der Waals surface area contributed by atoms with Crippen LogP contribution in [0.4, 0.5) is 5.69 Å². The second-order valence-electron chi connectivity index (χ2n) is 6.48. The zero-order chi connectivity index (χ0) is 18.9. The SMILES string of the molecule is Cc1ccccc1N1CCN(C(=O)c2cc(S(C)(=O)=O)ccc2Cl)CC1. The minimum absolute atomic E-state index is 0.101. The molecule has 1 fully saturated rings. The highest BCUT2D eigenvalue weighted by Gasteiger charge is 2.25. The molecule has 2 aromatic rings. The number of halogens is 1. The minimum atomic E-state index is -3.39. The third kappa shape index (κ3) is 3.86. The first kappa shape index (κ1) is 18.7. The van der Waals surface area contributed by atoms with Crippen molar-refractivity contribution in [2.45, 2.75) is 11.8 Å². The number of hydrogen-bond donors (Lipinski definition) is 0. The molecule has 0 radical (unpaired) electrons. The molecule has 0 atom stereocenters. The van der Waals surface area contributed by atoms with E-state index in [0.717, 1.165) is 19.3 Å². The Balaban J connectivity index is 1.76. The summed E-state index contributed by atoms with van der Waals surface area (Å²) in [5.41, 5.74) is 2.62. The predicted octanol–water partition coefficient (Wildman–Crippen LogP) is 3.01. The zero-order valence-corrected chi connectivity index (χ0v) is 16.3. The number of benzene rings is 2. The van der Waals surface area contributed by atoms with Crippen LogP contribution in [0.2, 0.25) is 5.02 Å². The topological polar surface area (TPSA) is 57.7 Å². The van der Waals surface area contributed by atoms with Gasteiger partial charge in [-0.1, -0.05) is 29.8 Å². The standard InChI is InChI=1S/C19H21ClN2O3S/c1-14-5-3-4-6-18(14)21-9-11-22(12-10-21)19(23)16-13-15(26(2,24)25)7-8-17(16)20/h3-8,13H,9-12H2,1-2H3. The third-order valence-electron chi connectivity index (χ3n) is 4.62. The molecule has 2 aromatic carbocycles. The molecule has 0 unspecified atom stereocenters. The molecule has 0 aromatic heterocycles. The maximum Gasteiger partial charge on any atom is 0.255 e. The fourth-order valence-electron chi connectivity index (χ4n) is 3.14. The summed E-state index contributed by atoms with van der Waals surface area (Å²) in [5, 5.41) is 0.267. The van der Waals surface area contributed by atoms with Crippen LogP contribution in [0.15, 0.2) is 47.4 Å². The van der Waals surface area contributed by atoms with Crippen LogP contribution in [0.5, 0.6) is 0 Å². The Labute approximate surface area is 159 Å². The van der Waals surface area contributed by atoms with Crippen LogP contribution >= 0.6 is 11.6 Å². The highest BCUT2D eigenvalue weighted by molar-refractivity contribution is 7.90. The number of anilines is 1. The fourth-order valence-corrected chi connectivity index (χ4v) is 3.98. The van der Waals surface area contributed by atoms with Crippen molar-refractivity contribution >= 4 is 33.0 Å². The van der Waals surface area contributed by atoms with E-state index in [9.17, 15) is 13.2 Å². The van der Waals surface area contributed by atoms with Crippen molar-refractivity contribution in [3.8, 4) is 0 Å². The van der Waals surface area contributed by atoms with Gasteiger partial charge in [-0.15, -0.1) is 0 Å². The van der Waals surface area contributed by atoms with Gasteiger partial charge in [-0.05, 0) is 36.8 Å². The number of amides is 1. The van der Waals surface area contributed by atoms with Gasteiger partial charge in [-0.2, -0.15) is 0 Å². The fraction of sp³-hybridized carbons (Fsp3) is 0.316. The Kier molecular flexibility index (Phi) is 5.25. The van der Waals surface area contributed by atoms with E-state index in [0.29, 0.717) is 13.1 Å². The van der Waals surface area contributed by atoms with E-state index in [1.54, 1.807) is 4.90 Å². The molecule has 1 aliphatic rings. The van der Waals surface area contributed by atoms with Gasteiger partial charge < -0.3 is 9.80 Å². The molecule has 1 heterocycles. The summed E-state index contributed by atoms with van der Waals surface area (Å²) in [5.74, 6) is -0.232. The quantitative estimate of drug-likeness (QED) is 0.805. The zero-order valence-electron chi connectivity index (χ0n) is 14.8. The summed E-state index contributed by atoms with van der Waals surface area (Å²) in [7, 11) is -3.39. The number of hydrogen-bond acceptors (Lipinski definition) is 4. The van der Waals surface area contributed by atoms with Crippen LogP contribution < -0.4 is 4.90 Å². The Bertz CT molecular complexity index is 936. The van der Waals surface area contributed by atoms with Crippen LogP contribution in [0.25, 0.3) is 0 Å². The molecule has 1 saturated heterocycles. The minimum Gasteiger partial charge on any atom is -0.368 e. The van der Waals surface area contributed by atoms with E-state index < -0.39 is 9.84 Å². The van der Waals surface area contributed by atoms with Gasteiger partial charge in [0.15, 0.2) is 9.84 Å². The first-order valence-corrected chi connectivity index (χ1v) is 10.6. The number of rotatable bonds is 3. The Morgan fingerprint density at radius 2 is 1.69 bits per heavy atom. The van der Waals surface area contributed by atoms with Gasteiger partial charge in [0.05, 0.1) is 15.5 Å². The lowest BCUT2D eigenvalue weighted by molar-refractivity contribution is 0.0746. The summed E-state index contributed by atoms with van der Waals surface area (Å²) in [6.07, 6.45) is 1.12. The molecular weight excluding hydrogens is 372 g/mol. The van der Waals surface area contributed by atoms with E-state index in [1.165, 1.54) is 29.4 Å². The number of carbonyl (C=O) groups excluding carboxylic acids is 1. The average molecular weight is 393 g/mol. The maximum atomic E-state index is 12.8. The Morgan fingerprint density at radius 1 is 1.04 bits per heavy atom. The number of nitrogens with zero attached hydrogens (tertiary/aromatic N) is 2.